The number of thioether (sulfide) groups is 1. The van der Waals surface area contributed by atoms with Crippen molar-refractivity contribution in [3.8, 4) is 11.5 Å². The summed E-state index contributed by atoms with van der Waals surface area (Å²) in [5, 5.41) is 0.848. The van der Waals surface area contributed by atoms with E-state index in [4.69, 9.17) is 21.7 Å². The Hall–Kier alpha value is -2.40. The maximum absolute atomic E-state index is 12.7. The third-order valence-corrected chi connectivity index (χ3v) is 6.40. The van der Waals surface area contributed by atoms with Crippen LogP contribution in [0.1, 0.15) is 5.56 Å². The molecule has 1 amide bonds. The highest BCUT2D eigenvalue weighted by Crippen LogP contribution is 2.37. The van der Waals surface area contributed by atoms with Gasteiger partial charge >= 0.3 is 0 Å². The van der Waals surface area contributed by atoms with Crippen molar-refractivity contribution in [3.63, 3.8) is 0 Å². The van der Waals surface area contributed by atoms with E-state index in [1.807, 2.05) is 0 Å². The van der Waals surface area contributed by atoms with Gasteiger partial charge in [-0.3, -0.25) is 4.79 Å². The fourth-order valence-corrected chi connectivity index (χ4v) is 4.81. The van der Waals surface area contributed by atoms with Crippen LogP contribution in [0.4, 0.5) is 0 Å². The van der Waals surface area contributed by atoms with E-state index >= 15 is 0 Å². The molecule has 1 heterocycles. The molecule has 1 aliphatic rings. The first-order valence-corrected chi connectivity index (χ1v) is 10.6. The number of thiocarbonyl (C=S) groups is 1. The molecule has 0 unspecified atom stereocenters. The smallest absolute Gasteiger partial charge is 0.281 e. The lowest BCUT2D eigenvalue weighted by Gasteiger charge is -2.15. The molecule has 28 heavy (non-hydrogen) atoms. The van der Waals surface area contributed by atoms with E-state index in [2.05, 4.69) is 4.83 Å². The van der Waals surface area contributed by atoms with Gasteiger partial charge in [0.1, 0.15) is 0 Å². The van der Waals surface area contributed by atoms with Gasteiger partial charge in [-0.05, 0) is 24.3 Å². The Bertz CT molecular complexity index is 1050. The summed E-state index contributed by atoms with van der Waals surface area (Å²) in [5.74, 6) is 0.399. The SMILES string of the molecule is COc1cccc(/C=C2/SC(=S)N(NS(=O)(=O)c3ccccc3)C2=O)c1OC. The van der Waals surface area contributed by atoms with Gasteiger partial charge < -0.3 is 9.47 Å². The number of amides is 1. The summed E-state index contributed by atoms with van der Waals surface area (Å²) in [7, 11) is -0.939. The molecule has 10 heteroatoms. The number of rotatable bonds is 6. The van der Waals surface area contributed by atoms with Crippen LogP contribution in [0, 0.1) is 0 Å². The molecular formula is C18H16N2O5S3. The molecule has 2 aromatic rings. The van der Waals surface area contributed by atoms with E-state index in [1.165, 1.54) is 26.4 Å². The number of hydrogen-bond donors (Lipinski definition) is 1. The zero-order valence-electron chi connectivity index (χ0n) is 14.9. The molecule has 146 valence electrons. The molecule has 7 nitrogen and oxygen atoms in total. The van der Waals surface area contributed by atoms with Crippen molar-refractivity contribution < 1.29 is 22.7 Å². The number of carbonyl (C=O) groups excluding carboxylic acids is 1. The number of hydrogen-bond acceptors (Lipinski definition) is 7. The summed E-state index contributed by atoms with van der Waals surface area (Å²) < 4.78 is 35.7. The summed E-state index contributed by atoms with van der Waals surface area (Å²) in [5.41, 5.74) is 0.605. The number of sulfonamides is 1. The van der Waals surface area contributed by atoms with E-state index < -0.39 is 15.9 Å². The summed E-state index contributed by atoms with van der Waals surface area (Å²) in [6, 6.07) is 13.0. The van der Waals surface area contributed by atoms with Crippen LogP contribution in [0.15, 0.2) is 58.3 Å². The molecule has 2 aromatic carbocycles. The van der Waals surface area contributed by atoms with Crippen molar-refractivity contribution in [3.05, 3.63) is 59.0 Å². The van der Waals surface area contributed by atoms with Crippen molar-refractivity contribution in [1.82, 2.24) is 9.84 Å². The molecule has 3 rings (SSSR count). The molecule has 1 fully saturated rings. The minimum absolute atomic E-state index is 0.0301. The third kappa shape index (κ3) is 4.04. The highest BCUT2D eigenvalue weighted by Gasteiger charge is 2.35. The first-order chi connectivity index (χ1) is 13.4. The van der Waals surface area contributed by atoms with Crippen LogP contribution in [0.3, 0.4) is 0 Å². The molecule has 1 saturated heterocycles. The largest absolute Gasteiger partial charge is 0.493 e. The maximum atomic E-state index is 12.7. The molecule has 0 aliphatic carbocycles. The summed E-state index contributed by atoms with van der Waals surface area (Å²) in [6.07, 6.45) is 1.58. The van der Waals surface area contributed by atoms with Gasteiger partial charge in [-0.1, -0.05) is 54.3 Å². The molecule has 0 bridgehead atoms. The predicted molar refractivity (Wildman–Crippen MR) is 111 cm³/mol. The maximum Gasteiger partial charge on any atom is 0.281 e. The van der Waals surface area contributed by atoms with Gasteiger partial charge in [0.05, 0.1) is 24.0 Å². The van der Waals surface area contributed by atoms with Crippen LogP contribution < -0.4 is 14.3 Å². The highest BCUT2D eigenvalue weighted by atomic mass is 32.2. The minimum Gasteiger partial charge on any atom is -0.493 e. The number of hydrazine groups is 1. The van der Waals surface area contributed by atoms with Gasteiger partial charge in [-0.2, -0.15) is 0 Å². The zero-order chi connectivity index (χ0) is 20.3. The Morgan fingerprint density at radius 3 is 2.43 bits per heavy atom. The number of ether oxygens (including phenoxy) is 2. The van der Waals surface area contributed by atoms with Crippen LogP contribution in [0.2, 0.25) is 0 Å². The number of benzene rings is 2. The molecule has 1 N–H and O–H groups in total. The second-order valence-corrected chi connectivity index (χ2v) is 8.84. The zero-order valence-corrected chi connectivity index (χ0v) is 17.4. The Morgan fingerprint density at radius 2 is 1.79 bits per heavy atom. The van der Waals surface area contributed by atoms with Gasteiger partial charge in [0.15, 0.2) is 15.8 Å². The number of carbonyl (C=O) groups is 1. The molecule has 0 radical (unpaired) electrons. The van der Waals surface area contributed by atoms with Crippen LogP contribution in [-0.2, 0) is 14.8 Å². The summed E-state index contributed by atoms with van der Waals surface area (Å²) in [4.78, 5) is 15.3. The van der Waals surface area contributed by atoms with Crippen molar-refractivity contribution in [2.24, 2.45) is 0 Å². The van der Waals surface area contributed by atoms with E-state index in [0.29, 0.717) is 17.1 Å². The molecule has 0 atom stereocenters. The first-order valence-electron chi connectivity index (χ1n) is 7.94. The Balaban J connectivity index is 1.90. The number of nitrogens with zero attached hydrogens (tertiary/aromatic N) is 1. The molecule has 1 aliphatic heterocycles. The van der Waals surface area contributed by atoms with Crippen LogP contribution >= 0.6 is 24.0 Å². The number of para-hydroxylation sites is 1. The van der Waals surface area contributed by atoms with Crippen molar-refractivity contribution in [2.75, 3.05) is 14.2 Å². The van der Waals surface area contributed by atoms with Gasteiger partial charge in [0, 0.05) is 5.56 Å². The van der Waals surface area contributed by atoms with E-state index in [9.17, 15) is 13.2 Å². The Morgan fingerprint density at radius 1 is 1.07 bits per heavy atom. The van der Waals surface area contributed by atoms with Gasteiger partial charge in [-0.25, -0.2) is 13.4 Å². The number of nitrogens with one attached hydrogen (secondary N) is 1. The van der Waals surface area contributed by atoms with Crippen molar-refractivity contribution >= 4 is 50.3 Å². The lowest BCUT2D eigenvalue weighted by Crippen LogP contribution is -2.44. The molecule has 0 aromatic heterocycles. The van der Waals surface area contributed by atoms with E-state index in [1.54, 1.807) is 42.5 Å². The topological polar surface area (TPSA) is 84.9 Å². The lowest BCUT2D eigenvalue weighted by molar-refractivity contribution is -0.123. The summed E-state index contributed by atoms with van der Waals surface area (Å²) in [6.45, 7) is 0. The second-order valence-electron chi connectivity index (χ2n) is 5.51. The lowest BCUT2D eigenvalue weighted by atomic mass is 10.1. The standard InChI is InChI=1S/C18H16N2O5S3/c1-24-14-10-6-7-12(16(14)25-2)11-15-17(21)20(18(26)27-15)19-28(22,23)13-8-4-3-5-9-13/h3-11,19H,1-2H3/b15-11+. The summed E-state index contributed by atoms with van der Waals surface area (Å²) >= 11 is 6.17. The second kappa shape index (κ2) is 8.31. The Labute approximate surface area is 172 Å². The molecule has 0 saturated carbocycles. The fraction of sp³-hybridized carbons (Fsp3) is 0.111. The van der Waals surface area contributed by atoms with Crippen molar-refractivity contribution in [1.29, 1.82) is 0 Å². The van der Waals surface area contributed by atoms with Gasteiger partial charge in [0.25, 0.3) is 15.9 Å². The predicted octanol–water partition coefficient (Wildman–Crippen LogP) is 2.80. The third-order valence-electron chi connectivity index (χ3n) is 3.78. The number of methoxy groups -OCH3 is 2. The van der Waals surface area contributed by atoms with Crippen LogP contribution in [-0.4, -0.2) is 37.9 Å². The minimum atomic E-state index is -3.95. The Kier molecular flexibility index (Phi) is 6.04. The average Bonchev–Trinajstić information content (AvgIpc) is 2.95. The first kappa shape index (κ1) is 20.3. The van der Waals surface area contributed by atoms with Crippen LogP contribution in [0.5, 0.6) is 11.5 Å². The monoisotopic (exact) mass is 436 g/mol. The van der Waals surface area contributed by atoms with Gasteiger partial charge in [-0.15, -0.1) is 4.83 Å². The molecule has 0 spiro atoms. The van der Waals surface area contributed by atoms with Crippen LogP contribution in [0.25, 0.3) is 6.08 Å². The fourth-order valence-electron chi connectivity index (χ4n) is 2.49. The quantitative estimate of drug-likeness (QED) is 0.551. The molecular weight excluding hydrogens is 420 g/mol. The van der Waals surface area contributed by atoms with Crippen molar-refractivity contribution in [2.45, 2.75) is 4.90 Å². The average molecular weight is 437 g/mol. The van der Waals surface area contributed by atoms with E-state index in [0.717, 1.165) is 16.8 Å². The van der Waals surface area contributed by atoms with E-state index in [-0.39, 0.29) is 14.1 Å². The van der Waals surface area contributed by atoms with Gasteiger partial charge in [0.2, 0.25) is 0 Å². The highest BCUT2D eigenvalue weighted by molar-refractivity contribution is 8.26. The normalized spacial score (nSPS) is 15.9.